The summed E-state index contributed by atoms with van der Waals surface area (Å²) in [6.45, 7) is 5.98. The van der Waals surface area contributed by atoms with Gasteiger partial charge in [-0.25, -0.2) is 9.78 Å². The third-order valence-corrected chi connectivity index (χ3v) is 6.18. The topological polar surface area (TPSA) is 112 Å². The van der Waals surface area contributed by atoms with Crippen LogP contribution in [0, 0.1) is 10.1 Å². The smallest absolute Gasteiger partial charge is 0.347 e. The molecule has 0 aliphatic heterocycles. The van der Waals surface area contributed by atoms with E-state index in [2.05, 4.69) is 28.7 Å². The summed E-state index contributed by atoms with van der Waals surface area (Å²) in [7, 11) is 0. The molecule has 0 spiro atoms. The van der Waals surface area contributed by atoms with Crippen LogP contribution in [0.5, 0.6) is 5.88 Å². The molecule has 9 heteroatoms. The molecule has 2 aromatic heterocycles. The molecule has 0 saturated heterocycles. The van der Waals surface area contributed by atoms with E-state index in [4.69, 9.17) is 9.15 Å². The van der Waals surface area contributed by atoms with Crippen LogP contribution in [0.25, 0.3) is 33.3 Å². The van der Waals surface area contributed by atoms with Crippen LogP contribution >= 0.6 is 0 Å². The number of non-ortho nitro benzene ring substituents is 1. The molecule has 0 unspecified atom stereocenters. The van der Waals surface area contributed by atoms with Crippen molar-refractivity contribution >= 4 is 33.2 Å². The molecule has 2 heterocycles. The van der Waals surface area contributed by atoms with E-state index in [1.54, 1.807) is 18.2 Å². The maximum absolute atomic E-state index is 13.0. The molecule has 0 amide bonds. The zero-order valence-corrected chi connectivity index (χ0v) is 20.4. The number of nitrogens with zero attached hydrogens (tertiary/aromatic N) is 4. The SMILES string of the molecule is CCN(CC)c1ccc2cc(-c3nc(OCc4ccc([N+](=O)[O-])cc4)c4ccccc4n3)c(=O)oc2c1. The zero-order chi connectivity index (χ0) is 25.9. The van der Waals surface area contributed by atoms with Crippen molar-refractivity contribution in [3.05, 3.63) is 98.9 Å². The Morgan fingerprint density at radius 2 is 1.73 bits per heavy atom. The van der Waals surface area contributed by atoms with Crippen molar-refractivity contribution in [3.63, 3.8) is 0 Å². The predicted molar refractivity (Wildman–Crippen MR) is 142 cm³/mol. The molecule has 5 aromatic rings. The second kappa shape index (κ2) is 10.1. The fourth-order valence-electron chi connectivity index (χ4n) is 4.18. The molecular weight excluding hydrogens is 472 g/mol. The number of ether oxygens (including phenoxy) is 1. The lowest BCUT2D eigenvalue weighted by molar-refractivity contribution is -0.384. The number of aromatic nitrogens is 2. The molecule has 0 saturated carbocycles. The van der Waals surface area contributed by atoms with Crippen molar-refractivity contribution in [1.29, 1.82) is 0 Å². The normalized spacial score (nSPS) is 11.1. The molecule has 0 aliphatic carbocycles. The third kappa shape index (κ3) is 4.84. The third-order valence-electron chi connectivity index (χ3n) is 6.18. The summed E-state index contributed by atoms with van der Waals surface area (Å²) >= 11 is 0. The van der Waals surface area contributed by atoms with Crippen LogP contribution in [0.4, 0.5) is 11.4 Å². The van der Waals surface area contributed by atoms with Gasteiger partial charge in [-0.1, -0.05) is 12.1 Å². The highest BCUT2D eigenvalue weighted by Crippen LogP contribution is 2.29. The Bertz CT molecular complexity index is 1660. The number of benzene rings is 3. The van der Waals surface area contributed by atoms with Crippen molar-refractivity contribution in [2.75, 3.05) is 18.0 Å². The quantitative estimate of drug-likeness (QED) is 0.152. The van der Waals surface area contributed by atoms with E-state index in [1.807, 2.05) is 42.5 Å². The van der Waals surface area contributed by atoms with E-state index in [0.717, 1.165) is 29.7 Å². The van der Waals surface area contributed by atoms with Crippen LogP contribution in [0.2, 0.25) is 0 Å². The summed E-state index contributed by atoms with van der Waals surface area (Å²) in [4.78, 5) is 34.8. The highest BCUT2D eigenvalue weighted by Gasteiger charge is 2.16. The van der Waals surface area contributed by atoms with Gasteiger partial charge in [0, 0.05) is 42.4 Å². The van der Waals surface area contributed by atoms with Crippen LogP contribution < -0.4 is 15.3 Å². The standard InChI is InChI=1S/C28H24N4O5/c1-3-31(4-2)21-14-11-19-15-23(28(33)37-25(19)16-21)26-29-24-8-6-5-7-22(24)27(30-26)36-17-18-9-12-20(13-10-18)32(34)35/h5-16H,3-4,17H2,1-2H3. The Hall–Kier alpha value is -4.79. The number of nitro groups is 1. The van der Waals surface area contributed by atoms with E-state index in [1.165, 1.54) is 12.1 Å². The average molecular weight is 497 g/mol. The molecule has 0 fully saturated rings. The Kier molecular flexibility index (Phi) is 6.51. The number of para-hydroxylation sites is 1. The second-order valence-corrected chi connectivity index (χ2v) is 8.42. The summed E-state index contributed by atoms with van der Waals surface area (Å²) in [5.74, 6) is 0.496. The Balaban J connectivity index is 1.52. The first-order chi connectivity index (χ1) is 18.0. The van der Waals surface area contributed by atoms with Gasteiger partial charge in [-0.15, -0.1) is 0 Å². The summed E-state index contributed by atoms with van der Waals surface area (Å²) in [6.07, 6.45) is 0. The highest BCUT2D eigenvalue weighted by atomic mass is 16.6. The minimum absolute atomic E-state index is 0.00534. The Morgan fingerprint density at radius 3 is 2.46 bits per heavy atom. The first-order valence-corrected chi connectivity index (χ1v) is 11.9. The van der Waals surface area contributed by atoms with Gasteiger partial charge in [0.1, 0.15) is 17.8 Å². The van der Waals surface area contributed by atoms with Crippen molar-refractivity contribution < 1.29 is 14.1 Å². The number of hydrogen-bond donors (Lipinski definition) is 0. The predicted octanol–water partition coefficient (Wildman–Crippen LogP) is 5.74. The number of rotatable bonds is 8. The second-order valence-electron chi connectivity index (χ2n) is 8.42. The van der Waals surface area contributed by atoms with Gasteiger partial charge >= 0.3 is 5.63 Å². The van der Waals surface area contributed by atoms with E-state index >= 15 is 0 Å². The minimum Gasteiger partial charge on any atom is -0.472 e. The van der Waals surface area contributed by atoms with E-state index in [0.29, 0.717) is 22.4 Å². The molecule has 0 aliphatic rings. The lowest BCUT2D eigenvalue weighted by Gasteiger charge is -2.21. The minimum atomic E-state index is -0.541. The van der Waals surface area contributed by atoms with E-state index in [-0.39, 0.29) is 23.7 Å². The fourth-order valence-corrected chi connectivity index (χ4v) is 4.18. The Labute approximate surface area is 212 Å². The number of anilines is 1. The Morgan fingerprint density at radius 1 is 0.973 bits per heavy atom. The van der Waals surface area contributed by atoms with Gasteiger partial charge in [-0.05, 0) is 61.9 Å². The molecule has 0 bridgehead atoms. The number of hydrogen-bond acceptors (Lipinski definition) is 8. The average Bonchev–Trinajstić information content (AvgIpc) is 2.92. The number of nitro benzene ring substituents is 1. The molecular formula is C28H24N4O5. The first kappa shape index (κ1) is 23.9. The van der Waals surface area contributed by atoms with Gasteiger partial charge in [0.05, 0.1) is 15.8 Å². The maximum Gasteiger partial charge on any atom is 0.347 e. The van der Waals surface area contributed by atoms with Gasteiger partial charge in [0.2, 0.25) is 5.88 Å². The molecule has 0 N–H and O–H groups in total. The summed E-state index contributed by atoms with van der Waals surface area (Å²) < 4.78 is 11.7. The lowest BCUT2D eigenvalue weighted by Crippen LogP contribution is -2.21. The molecule has 0 atom stereocenters. The van der Waals surface area contributed by atoms with Gasteiger partial charge in [0.25, 0.3) is 5.69 Å². The zero-order valence-electron chi connectivity index (χ0n) is 20.4. The molecule has 37 heavy (non-hydrogen) atoms. The van der Waals surface area contributed by atoms with Crippen LogP contribution in [-0.2, 0) is 6.61 Å². The number of fused-ring (bicyclic) bond motifs is 2. The monoisotopic (exact) mass is 496 g/mol. The molecule has 3 aromatic carbocycles. The molecule has 5 rings (SSSR count). The van der Waals surface area contributed by atoms with Crippen molar-refractivity contribution in [1.82, 2.24) is 9.97 Å². The van der Waals surface area contributed by atoms with Crippen LogP contribution in [-0.4, -0.2) is 28.0 Å². The van der Waals surface area contributed by atoms with Gasteiger partial charge in [-0.2, -0.15) is 4.98 Å². The first-order valence-electron chi connectivity index (χ1n) is 11.9. The molecule has 9 nitrogen and oxygen atoms in total. The summed E-state index contributed by atoms with van der Waals surface area (Å²) in [6, 6.07) is 21.0. The maximum atomic E-state index is 13.0. The van der Waals surface area contributed by atoms with Crippen LogP contribution in [0.3, 0.4) is 0 Å². The largest absolute Gasteiger partial charge is 0.472 e. The van der Waals surface area contributed by atoms with E-state index in [9.17, 15) is 14.9 Å². The van der Waals surface area contributed by atoms with E-state index < -0.39 is 10.5 Å². The molecule has 186 valence electrons. The van der Waals surface area contributed by atoms with Crippen molar-refractivity contribution in [3.8, 4) is 17.3 Å². The van der Waals surface area contributed by atoms with Gasteiger partial charge in [0.15, 0.2) is 5.82 Å². The highest BCUT2D eigenvalue weighted by molar-refractivity contribution is 5.87. The lowest BCUT2D eigenvalue weighted by atomic mass is 10.1. The fraction of sp³-hybridized carbons (Fsp3) is 0.179. The summed E-state index contributed by atoms with van der Waals surface area (Å²) in [5.41, 5.74) is 2.53. The van der Waals surface area contributed by atoms with Gasteiger partial charge < -0.3 is 14.1 Å². The van der Waals surface area contributed by atoms with Crippen molar-refractivity contribution in [2.24, 2.45) is 0 Å². The van der Waals surface area contributed by atoms with Gasteiger partial charge in [-0.3, -0.25) is 10.1 Å². The summed E-state index contributed by atoms with van der Waals surface area (Å²) in [5, 5.41) is 12.4. The van der Waals surface area contributed by atoms with Crippen molar-refractivity contribution in [2.45, 2.75) is 20.5 Å². The van der Waals surface area contributed by atoms with Crippen LogP contribution in [0.1, 0.15) is 19.4 Å². The van der Waals surface area contributed by atoms with Crippen LogP contribution in [0.15, 0.2) is 82.0 Å². The molecule has 0 radical (unpaired) electrons.